The first-order valence-electron chi connectivity index (χ1n) is 8.06. The minimum Gasteiger partial charge on any atom is -0.347 e. The molecule has 0 saturated heterocycles. The van der Waals surface area contributed by atoms with Crippen LogP contribution in [0.1, 0.15) is 31.2 Å². The number of aromatic nitrogens is 1. The molecule has 0 amide bonds. The monoisotopic (exact) mass is 268 g/mol. The van der Waals surface area contributed by atoms with E-state index in [0.29, 0.717) is 0 Å². The molecule has 3 unspecified atom stereocenters. The summed E-state index contributed by atoms with van der Waals surface area (Å²) in [4.78, 5) is 0. The van der Waals surface area contributed by atoms with Gasteiger partial charge >= 0.3 is 0 Å². The maximum absolute atomic E-state index is 3.27. The number of benzene rings is 1. The number of nitrogens with one attached hydrogen (secondary N) is 1. The molecule has 0 radical (unpaired) electrons. The van der Waals surface area contributed by atoms with Gasteiger partial charge in [0.2, 0.25) is 0 Å². The Balaban J connectivity index is 1.62. The van der Waals surface area contributed by atoms with Crippen LogP contribution in [0.5, 0.6) is 0 Å². The SMILES string of the molecule is CNCc1cccc2c1ccn2CC1CC2CCC1C2. The highest BCUT2D eigenvalue weighted by atomic mass is 15.0. The molecule has 1 aromatic heterocycles. The average Bonchev–Trinajstić information content (AvgIpc) is 3.15. The Morgan fingerprint density at radius 2 is 2.15 bits per heavy atom. The van der Waals surface area contributed by atoms with E-state index in [1.54, 1.807) is 0 Å². The van der Waals surface area contributed by atoms with Crippen molar-refractivity contribution in [1.82, 2.24) is 9.88 Å². The van der Waals surface area contributed by atoms with Crippen molar-refractivity contribution in [3.05, 3.63) is 36.0 Å². The van der Waals surface area contributed by atoms with E-state index in [9.17, 15) is 0 Å². The molecule has 2 bridgehead atoms. The molecular weight excluding hydrogens is 244 g/mol. The van der Waals surface area contributed by atoms with E-state index in [-0.39, 0.29) is 0 Å². The second-order valence-corrected chi connectivity index (χ2v) is 6.78. The molecule has 106 valence electrons. The lowest BCUT2D eigenvalue weighted by Crippen LogP contribution is -2.16. The van der Waals surface area contributed by atoms with E-state index in [1.807, 2.05) is 7.05 Å². The summed E-state index contributed by atoms with van der Waals surface area (Å²) in [6.45, 7) is 2.18. The Hall–Kier alpha value is -1.28. The third-order valence-electron chi connectivity index (χ3n) is 5.59. The first kappa shape index (κ1) is 12.5. The van der Waals surface area contributed by atoms with E-state index in [1.165, 1.54) is 48.7 Å². The Morgan fingerprint density at radius 1 is 1.20 bits per heavy atom. The summed E-state index contributed by atoms with van der Waals surface area (Å²) in [7, 11) is 2.02. The van der Waals surface area contributed by atoms with Crippen LogP contribution in [-0.4, -0.2) is 11.6 Å². The smallest absolute Gasteiger partial charge is 0.0483 e. The molecule has 1 N–H and O–H groups in total. The molecule has 3 atom stereocenters. The maximum atomic E-state index is 3.27. The Kier molecular flexibility index (Phi) is 3.07. The molecule has 2 aromatic rings. The Bertz CT molecular complexity index is 613. The largest absolute Gasteiger partial charge is 0.347 e. The van der Waals surface area contributed by atoms with Gasteiger partial charge in [0.15, 0.2) is 0 Å². The molecule has 2 saturated carbocycles. The summed E-state index contributed by atoms with van der Waals surface area (Å²) in [5.41, 5.74) is 2.83. The first-order chi connectivity index (χ1) is 9.85. The van der Waals surface area contributed by atoms with E-state index >= 15 is 0 Å². The van der Waals surface area contributed by atoms with Crippen LogP contribution in [0.25, 0.3) is 10.9 Å². The number of fused-ring (bicyclic) bond motifs is 3. The molecule has 20 heavy (non-hydrogen) atoms. The molecule has 0 spiro atoms. The van der Waals surface area contributed by atoms with Gasteiger partial charge in [0.25, 0.3) is 0 Å². The Morgan fingerprint density at radius 3 is 2.90 bits per heavy atom. The summed E-state index contributed by atoms with van der Waals surface area (Å²) >= 11 is 0. The third kappa shape index (κ3) is 1.98. The van der Waals surface area contributed by atoms with Gasteiger partial charge in [-0.25, -0.2) is 0 Å². The predicted molar refractivity (Wildman–Crippen MR) is 83.6 cm³/mol. The van der Waals surface area contributed by atoms with Crippen LogP contribution in [0, 0.1) is 17.8 Å². The molecule has 2 fully saturated rings. The van der Waals surface area contributed by atoms with Crippen LogP contribution in [0.15, 0.2) is 30.5 Å². The van der Waals surface area contributed by atoms with Crippen LogP contribution in [-0.2, 0) is 13.1 Å². The van der Waals surface area contributed by atoms with Gasteiger partial charge in [-0.05, 0) is 61.8 Å². The van der Waals surface area contributed by atoms with Gasteiger partial charge in [0.1, 0.15) is 0 Å². The summed E-state index contributed by atoms with van der Waals surface area (Å²) in [6.07, 6.45) is 8.27. The van der Waals surface area contributed by atoms with Crippen molar-refractivity contribution in [2.24, 2.45) is 17.8 Å². The summed E-state index contributed by atoms with van der Waals surface area (Å²) in [5, 5.41) is 4.69. The van der Waals surface area contributed by atoms with Crippen LogP contribution in [0.2, 0.25) is 0 Å². The van der Waals surface area contributed by atoms with Gasteiger partial charge in [0.05, 0.1) is 0 Å². The lowest BCUT2D eigenvalue weighted by atomic mass is 9.89. The summed E-state index contributed by atoms with van der Waals surface area (Å²) < 4.78 is 2.50. The minimum atomic E-state index is 0.928. The lowest BCUT2D eigenvalue weighted by molar-refractivity contribution is 0.299. The van der Waals surface area contributed by atoms with Gasteiger partial charge in [0, 0.05) is 30.2 Å². The minimum absolute atomic E-state index is 0.928. The molecule has 1 aromatic carbocycles. The molecule has 2 heteroatoms. The number of nitrogens with zero attached hydrogens (tertiary/aromatic N) is 1. The normalized spacial score (nSPS) is 28.6. The molecule has 0 aliphatic heterocycles. The quantitative estimate of drug-likeness (QED) is 0.892. The highest BCUT2D eigenvalue weighted by molar-refractivity contribution is 5.83. The van der Waals surface area contributed by atoms with Crippen molar-refractivity contribution in [3.8, 4) is 0 Å². The van der Waals surface area contributed by atoms with E-state index in [2.05, 4.69) is 40.3 Å². The average molecular weight is 268 g/mol. The van der Waals surface area contributed by atoms with Crippen LogP contribution >= 0.6 is 0 Å². The zero-order valence-corrected chi connectivity index (χ0v) is 12.3. The van der Waals surface area contributed by atoms with Crippen molar-refractivity contribution in [2.75, 3.05) is 7.05 Å². The highest BCUT2D eigenvalue weighted by Gasteiger charge is 2.39. The summed E-state index contributed by atoms with van der Waals surface area (Å²) in [6, 6.07) is 9.02. The standard InChI is InChI=1S/C18H24N2/c1-19-11-15-3-2-4-18-17(15)7-8-20(18)12-16-10-13-5-6-14(16)9-13/h2-4,7-8,13-14,16,19H,5-6,9-12H2,1H3. The fraction of sp³-hybridized carbons (Fsp3) is 0.556. The molecular formula is C18H24N2. The Labute approximate surface area is 121 Å². The lowest BCUT2D eigenvalue weighted by Gasteiger charge is -2.22. The molecule has 2 aliphatic carbocycles. The first-order valence-corrected chi connectivity index (χ1v) is 8.06. The van der Waals surface area contributed by atoms with Gasteiger partial charge in [-0.15, -0.1) is 0 Å². The van der Waals surface area contributed by atoms with E-state index in [4.69, 9.17) is 0 Å². The number of hydrogen-bond acceptors (Lipinski definition) is 1. The molecule has 2 nitrogen and oxygen atoms in total. The van der Waals surface area contributed by atoms with Gasteiger partial charge < -0.3 is 9.88 Å². The molecule has 2 aliphatic rings. The second-order valence-electron chi connectivity index (χ2n) is 6.78. The van der Waals surface area contributed by atoms with Crippen molar-refractivity contribution >= 4 is 10.9 Å². The predicted octanol–water partition coefficient (Wildman–Crippen LogP) is 3.80. The van der Waals surface area contributed by atoms with Crippen molar-refractivity contribution in [3.63, 3.8) is 0 Å². The maximum Gasteiger partial charge on any atom is 0.0483 e. The van der Waals surface area contributed by atoms with Gasteiger partial charge in [-0.3, -0.25) is 0 Å². The van der Waals surface area contributed by atoms with Crippen molar-refractivity contribution in [2.45, 2.75) is 38.8 Å². The van der Waals surface area contributed by atoms with Crippen molar-refractivity contribution < 1.29 is 0 Å². The topological polar surface area (TPSA) is 17.0 Å². The zero-order valence-electron chi connectivity index (χ0n) is 12.3. The second kappa shape index (κ2) is 4.92. The fourth-order valence-corrected chi connectivity index (χ4v) is 4.64. The number of hydrogen-bond donors (Lipinski definition) is 1. The molecule has 4 rings (SSSR count). The van der Waals surface area contributed by atoms with Gasteiger partial charge in [-0.1, -0.05) is 18.6 Å². The fourth-order valence-electron chi connectivity index (χ4n) is 4.64. The highest BCUT2D eigenvalue weighted by Crippen LogP contribution is 2.49. The van der Waals surface area contributed by atoms with E-state index in [0.717, 1.165) is 24.3 Å². The zero-order chi connectivity index (χ0) is 13.5. The van der Waals surface area contributed by atoms with Crippen LogP contribution in [0.4, 0.5) is 0 Å². The van der Waals surface area contributed by atoms with Crippen molar-refractivity contribution in [1.29, 1.82) is 0 Å². The summed E-state index contributed by atoms with van der Waals surface area (Å²) in [5.74, 6) is 2.99. The van der Waals surface area contributed by atoms with Crippen LogP contribution < -0.4 is 5.32 Å². The van der Waals surface area contributed by atoms with Crippen LogP contribution in [0.3, 0.4) is 0 Å². The number of rotatable bonds is 4. The third-order valence-corrected chi connectivity index (χ3v) is 5.59. The molecule has 1 heterocycles. The van der Waals surface area contributed by atoms with Gasteiger partial charge in [-0.2, -0.15) is 0 Å². The van der Waals surface area contributed by atoms with E-state index < -0.39 is 0 Å².